The number of carbonyl (C=O) groups is 1. The predicted octanol–water partition coefficient (Wildman–Crippen LogP) is 7.90. The number of halogens is 1. The van der Waals surface area contributed by atoms with Crippen LogP contribution in [0.1, 0.15) is 87.1 Å². The SMILES string of the molecule is CCCCC[C@H]1CC[C@H](CCCOc2ccc(C(=O)Oc3ccc(C)c(F)c3)cc2)CC1. The van der Waals surface area contributed by atoms with Gasteiger partial charge in [0.05, 0.1) is 12.2 Å². The van der Waals surface area contributed by atoms with Crippen molar-refractivity contribution < 1.29 is 18.7 Å². The van der Waals surface area contributed by atoms with Gasteiger partial charge in [-0.3, -0.25) is 0 Å². The number of benzene rings is 2. The van der Waals surface area contributed by atoms with Crippen molar-refractivity contribution in [1.29, 1.82) is 0 Å². The van der Waals surface area contributed by atoms with Gasteiger partial charge in [0.1, 0.15) is 17.3 Å². The van der Waals surface area contributed by atoms with Crippen LogP contribution in [0.4, 0.5) is 4.39 Å². The van der Waals surface area contributed by atoms with E-state index in [1.165, 1.54) is 63.9 Å². The summed E-state index contributed by atoms with van der Waals surface area (Å²) in [5.74, 6) is 1.87. The fourth-order valence-corrected chi connectivity index (χ4v) is 4.54. The molecule has 0 saturated heterocycles. The number of carbonyl (C=O) groups excluding carboxylic acids is 1. The third-order valence-electron chi connectivity index (χ3n) is 6.65. The van der Waals surface area contributed by atoms with E-state index in [4.69, 9.17) is 9.47 Å². The fourth-order valence-electron chi connectivity index (χ4n) is 4.54. The Balaban J connectivity index is 1.33. The lowest BCUT2D eigenvalue weighted by Crippen LogP contribution is -2.15. The Morgan fingerprint density at radius 1 is 0.906 bits per heavy atom. The molecule has 4 heteroatoms. The Morgan fingerprint density at radius 3 is 2.16 bits per heavy atom. The molecule has 32 heavy (non-hydrogen) atoms. The molecule has 174 valence electrons. The highest BCUT2D eigenvalue weighted by Crippen LogP contribution is 2.34. The van der Waals surface area contributed by atoms with E-state index in [1.807, 2.05) is 0 Å². The van der Waals surface area contributed by atoms with Gasteiger partial charge in [-0.05, 0) is 67.5 Å². The van der Waals surface area contributed by atoms with Crippen LogP contribution >= 0.6 is 0 Å². The monoisotopic (exact) mass is 440 g/mol. The minimum Gasteiger partial charge on any atom is -0.494 e. The molecular formula is C28H37FO3. The Morgan fingerprint density at radius 2 is 1.53 bits per heavy atom. The van der Waals surface area contributed by atoms with Crippen molar-refractivity contribution in [3.63, 3.8) is 0 Å². The maximum atomic E-state index is 13.6. The van der Waals surface area contributed by atoms with Gasteiger partial charge >= 0.3 is 5.97 Å². The lowest BCUT2D eigenvalue weighted by molar-refractivity contribution is 0.0734. The molecule has 0 heterocycles. The van der Waals surface area contributed by atoms with Crippen LogP contribution in [0.15, 0.2) is 42.5 Å². The van der Waals surface area contributed by atoms with Gasteiger partial charge < -0.3 is 9.47 Å². The molecule has 0 radical (unpaired) electrons. The van der Waals surface area contributed by atoms with Gasteiger partial charge in [-0.15, -0.1) is 0 Å². The van der Waals surface area contributed by atoms with Gasteiger partial charge in [0, 0.05) is 6.07 Å². The van der Waals surface area contributed by atoms with Gasteiger partial charge in [0.2, 0.25) is 0 Å². The third-order valence-corrected chi connectivity index (χ3v) is 6.65. The maximum Gasteiger partial charge on any atom is 0.343 e. The molecular weight excluding hydrogens is 403 g/mol. The summed E-state index contributed by atoms with van der Waals surface area (Å²) in [5.41, 5.74) is 0.926. The molecule has 2 aromatic carbocycles. The van der Waals surface area contributed by atoms with Gasteiger partial charge in [-0.25, -0.2) is 9.18 Å². The van der Waals surface area contributed by atoms with E-state index >= 15 is 0 Å². The van der Waals surface area contributed by atoms with E-state index in [2.05, 4.69) is 6.92 Å². The van der Waals surface area contributed by atoms with Crippen LogP contribution in [0.3, 0.4) is 0 Å². The van der Waals surface area contributed by atoms with Crippen molar-refractivity contribution in [2.24, 2.45) is 11.8 Å². The van der Waals surface area contributed by atoms with Crippen LogP contribution in [-0.4, -0.2) is 12.6 Å². The Kier molecular flexibility index (Phi) is 9.58. The second-order valence-corrected chi connectivity index (χ2v) is 9.20. The van der Waals surface area contributed by atoms with E-state index < -0.39 is 5.97 Å². The fraction of sp³-hybridized carbons (Fsp3) is 0.536. The van der Waals surface area contributed by atoms with Gasteiger partial charge in [0.25, 0.3) is 0 Å². The van der Waals surface area contributed by atoms with Crippen molar-refractivity contribution in [3.8, 4) is 11.5 Å². The molecule has 1 aliphatic rings. The largest absolute Gasteiger partial charge is 0.494 e. The Bertz CT molecular complexity index is 838. The lowest BCUT2D eigenvalue weighted by Gasteiger charge is -2.28. The molecule has 0 amide bonds. The van der Waals surface area contributed by atoms with Crippen molar-refractivity contribution >= 4 is 5.97 Å². The highest BCUT2D eigenvalue weighted by molar-refractivity contribution is 5.91. The van der Waals surface area contributed by atoms with E-state index in [1.54, 1.807) is 43.3 Å². The molecule has 0 spiro atoms. The van der Waals surface area contributed by atoms with Crippen LogP contribution in [0, 0.1) is 24.6 Å². The first-order chi connectivity index (χ1) is 15.5. The standard InChI is InChI=1S/C28H37FO3/c1-3-4-5-7-22-10-12-23(13-11-22)8-6-19-31-25-17-14-24(15-18-25)28(30)32-26-16-9-21(2)27(29)20-26/h9,14-18,20,22-23H,3-8,10-13,19H2,1-2H3/t22-,23-. The van der Waals surface area contributed by atoms with Crippen LogP contribution in [0.2, 0.25) is 0 Å². The van der Waals surface area contributed by atoms with Gasteiger partial charge in [0.15, 0.2) is 0 Å². The van der Waals surface area contributed by atoms with Crippen molar-refractivity contribution in [2.75, 3.05) is 6.61 Å². The minimum atomic E-state index is -0.509. The summed E-state index contributed by atoms with van der Waals surface area (Å²) in [7, 11) is 0. The molecule has 1 aliphatic carbocycles. The molecule has 0 unspecified atom stereocenters. The molecule has 0 atom stereocenters. The van der Waals surface area contributed by atoms with Crippen LogP contribution in [0.25, 0.3) is 0 Å². The van der Waals surface area contributed by atoms with E-state index in [0.29, 0.717) is 17.7 Å². The number of ether oxygens (including phenoxy) is 2. The molecule has 2 aromatic rings. The molecule has 0 N–H and O–H groups in total. The smallest absolute Gasteiger partial charge is 0.343 e. The highest BCUT2D eigenvalue weighted by atomic mass is 19.1. The minimum absolute atomic E-state index is 0.202. The zero-order valence-electron chi connectivity index (χ0n) is 19.6. The summed E-state index contributed by atoms with van der Waals surface area (Å²) < 4.78 is 24.7. The van der Waals surface area contributed by atoms with Crippen LogP contribution < -0.4 is 9.47 Å². The number of aryl methyl sites for hydroxylation is 1. The zero-order valence-corrected chi connectivity index (χ0v) is 19.6. The lowest BCUT2D eigenvalue weighted by atomic mass is 9.78. The predicted molar refractivity (Wildman–Crippen MR) is 127 cm³/mol. The first-order valence-electron chi connectivity index (χ1n) is 12.3. The Hall–Kier alpha value is -2.36. The second kappa shape index (κ2) is 12.6. The molecule has 3 nitrogen and oxygen atoms in total. The van der Waals surface area contributed by atoms with E-state index in [-0.39, 0.29) is 11.6 Å². The maximum absolute atomic E-state index is 13.6. The summed E-state index contributed by atoms with van der Waals surface area (Å²) in [6.07, 6.45) is 13.4. The van der Waals surface area contributed by atoms with E-state index in [9.17, 15) is 9.18 Å². The summed E-state index contributed by atoms with van der Waals surface area (Å²) in [6, 6.07) is 11.3. The highest BCUT2D eigenvalue weighted by Gasteiger charge is 2.20. The molecule has 1 saturated carbocycles. The van der Waals surface area contributed by atoms with Crippen molar-refractivity contribution in [1.82, 2.24) is 0 Å². The average Bonchev–Trinajstić information content (AvgIpc) is 2.81. The molecule has 0 bridgehead atoms. The van der Waals surface area contributed by atoms with Gasteiger partial charge in [-0.1, -0.05) is 64.4 Å². The second-order valence-electron chi connectivity index (χ2n) is 9.20. The third kappa shape index (κ3) is 7.65. The molecule has 1 fully saturated rings. The molecule has 0 aromatic heterocycles. The molecule has 0 aliphatic heterocycles. The normalized spacial score (nSPS) is 18.3. The number of hydrogen-bond acceptors (Lipinski definition) is 3. The first-order valence-corrected chi connectivity index (χ1v) is 12.3. The van der Waals surface area contributed by atoms with Crippen molar-refractivity contribution in [2.45, 2.75) is 78.1 Å². The summed E-state index contributed by atoms with van der Waals surface area (Å²) in [5, 5.41) is 0. The molecule has 3 rings (SSSR count). The summed E-state index contributed by atoms with van der Waals surface area (Å²) in [6.45, 7) is 4.64. The summed E-state index contributed by atoms with van der Waals surface area (Å²) >= 11 is 0. The number of esters is 1. The van der Waals surface area contributed by atoms with Crippen LogP contribution in [0.5, 0.6) is 11.5 Å². The summed E-state index contributed by atoms with van der Waals surface area (Å²) in [4.78, 5) is 12.3. The number of hydrogen-bond donors (Lipinski definition) is 0. The first kappa shape index (κ1) is 24.3. The van der Waals surface area contributed by atoms with Crippen LogP contribution in [-0.2, 0) is 0 Å². The number of rotatable bonds is 11. The average molecular weight is 441 g/mol. The zero-order chi connectivity index (χ0) is 22.8. The Labute approximate surface area is 192 Å². The van der Waals surface area contributed by atoms with Gasteiger partial charge in [-0.2, -0.15) is 0 Å². The quantitative estimate of drug-likeness (QED) is 0.202. The van der Waals surface area contributed by atoms with E-state index in [0.717, 1.165) is 24.0 Å². The van der Waals surface area contributed by atoms with Crippen molar-refractivity contribution in [3.05, 3.63) is 59.4 Å². The number of unbranched alkanes of at least 4 members (excludes halogenated alkanes) is 2. The topological polar surface area (TPSA) is 35.5 Å².